The fourth-order valence-electron chi connectivity index (χ4n) is 3.42. The molecule has 3 heterocycles. The van der Waals surface area contributed by atoms with Gasteiger partial charge in [0.15, 0.2) is 5.65 Å². The van der Waals surface area contributed by atoms with Crippen molar-refractivity contribution in [1.29, 1.82) is 0 Å². The smallest absolute Gasteiger partial charge is 0.160 e. The molecule has 0 aliphatic carbocycles. The molecule has 118 valence electrons. The first-order valence-electron chi connectivity index (χ1n) is 8.26. The standard InChI is InChI=1S/C19H21N3O/c1-14-5-2-6-15(11-14)12-18-21-17-8-3-9-20-19(17)22(18)16-7-4-10-23-13-16/h2-3,5-6,8-9,11,16H,4,7,10,12-13H2,1H3. The molecular formula is C19H21N3O. The van der Waals surface area contributed by atoms with Crippen molar-refractivity contribution in [3.8, 4) is 0 Å². The fourth-order valence-corrected chi connectivity index (χ4v) is 3.42. The minimum atomic E-state index is 0.337. The molecule has 1 aliphatic rings. The molecule has 0 saturated carbocycles. The van der Waals surface area contributed by atoms with Gasteiger partial charge in [0.25, 0.3) is 0 Å². The first-order valence-corrected chi connectivity index (χ1v) is 8.26. The van der Waals surface area contributed by atoms with E-state index in [9.17, 15) is 0 Å². The van der Waals surface area contributed by atoms with Crippen molar-refractivity contribution in [2.75, 3.05) is 13.2 Å². The third-order valence-corrected chi connectivity index (χ3v) is 4.47. The number of aryl methyl sites for hydroxylation is 1. The van der Waals surface area contributed by atoms with Gasteiger partial charge < -0.3 is 9.30 Å². The molecule has 0 spiro atoms. The highest BCUT2D eigenvalue weighted by atomic mass is 16.5. The molecule has 1 fully saturated rings. The van der Waals surface area contributed by atoms with Crippen LogP contribution in [0.5, 0.6) is 0 Å². The largest absolute Gasteiger partial charge is 0.379 e. The average molecular weight is 307 g/mol. The van der Waals surface area contributed by atoms with E-state index >= 15 is 0 Å². The predicted octanol–water partition coefficient (Wildman–Crippen LogP) is 3.68. The van der Waals surface area contributed by atoms with Crippen LogP contribution in [0.25, 0.3) is 11.2 Å². The Morgan fingerprint density at radius 2 is 2.22 bits per heavy atom. The second-order valence-electron chi connectivity index (χ2n) is 6.28. The Labute approximate surface area is 136 Å². The lowest BCUT2D eigenvalue weighted by Crippen LogP contribution is -2.23. The Balaban J connectivity index is 1.78. The van der Waals surface area contributed by atoms with Crippen LogP contribution < -0.4 is 0 Å². The summed E-state index contributed by atoms with van der Waals surface area (Å²) in [5.74, 6) is 1.08. The number of ether oxygens (including phenoxy) is 1. The molecule has 3 aromatic rings. The van der Waals surface area contributed by atoms with Crippen LogP contribution in [0.1, 0.15) is 35.8 Å². The van der Waals surface area contributed by atoms with Crippen LogP contribution in [0.4, 0.5) is 0 Å². The molecule has 0 N–H and O–H groups in total. The van der Waals surface area contributed by atoms with E-state index in [0.29, 0.717) is 6.04 Å². The fraction of sp³-hybridized carbons (Fsp3) is 0.368. The Bertz CT molecular complexity index is 818. The van der Waals surface area contributed by atoms with Gasteiger partial charge in [0.1, 0.15) is 11.3 Å². The van der Waals surface area contributed by atoms with Crippen LogP contribution in [-0.4, -0.2) is 27.7 Å². The van der Waals surface area contributed by atoms with Crippen molar-refractivity contribution in [3.05, 3.63) is 59.5 Å². The van der Waals surface area contributed by atoms with Crippen LogP contribution in [0, 0.1) is 6.92 Å². The monoisotopic (exact) mass is 307 g/mol. The first-order chi connectivity index (χ1) is 11.3. The van der Waals surface area contributed by atoms with E-state index in [1.165, 1.54) is 11.1 Å². The van der Waals surface area contributed by atoms with E-state index < -0.39 is 0 Å². The molecule has 4 rings (SSSR count). The van der Waals surface area contributed by atoms with Gasteiger partial charge in [-0.1, -0.05) is 29.8 Å². The second-order valence-corrected chi connectivity index (χ2v) is 6.28. The number of hydrogen-bond acceptors (Lipinski definition) is 3. The Kier molecular flexibility index (Phi) is 3.83. The van der Waals surface area contributed by atoms with Gasteiger partial charge >= 0.3 is 0 Å². The molecule has 0 radical (unpaired) electrons. The van der Waals surface area contributed by atoms with Crippen LogP contribution >= 0.6 is 0 Å². The third-order valence-electron chi connectivity index (χ3n) is 4.47. The van der Waals surface area contributed by atoms with Gasteiger partial charge in [0.2, 0.25) is 0 Å². The van der Waals surface area contributed by atoms with Crippen LogP contribution in [0.3, 0.4) is 0 Å². The SMILES string of the molecule is Cc1cccc(Cc2nc3cccnc3n2C2CCCOC2)c1. The molecule has 1 aliphatic heterocycles. The van der Waals surface area contributed by atoms with Crippen molar-refractivity contribution in [2.24, 2.45) is 0 Å². The zero-order chi connectivity index (χ0) is 15.6. The van der Waals surface area contributed by atoms with Gasteiger partial charge in [-0.2, -0.15) is 0 Å². The van der Waals surface area contributed by atoms with E-state index in [-0.39, 0.29) is 0 Å². The minimum Gasteiger partial charge on any atom is -0.379 e. The molecule has 4 nitrogen and oxygen atoms in total. The number of imidazole rings is 1. The number of hydrogen-bond donors (Lipinski definition) is 0. The minimum absolute atomic E-state index is 0.337. The molecule has 1 saturated heterocycles. The Hall–Kier alpha value is -2.20. The van der Waals surface area contributed by atoms with E-state index in [4.69, 9.17) is 9.72 Å². The van der Waals surface area contributed by atoms with E-state index in [0.717, 1.165) is 49.5 Å². The Morgan fingerprint density at radius 1 is 1.26 bits per heavy atom. The van der Waals surface area contributed by atoms with Gasteiger partial charge in [-0.3, -0.25) is 0 Å². The number of benzene rings is 1. The zero-order valence-corrected chi connectivity index (χ0v) is 13.4. The van der Waals surface area contributed by atoms with Crippen LogP contribution in [0.2, 0.25) is 0 Å². The number of fused-ring (bicyclic) bond motifs is 1. The maximum atomic E-state index is 5.70. The van der Waals surface area contributed by atoms with Crippen molar-refractivity contribution >= 4 is 11.2 Å². The molecule has 1 aromatic carbocycles. The summed E-state index contributed by atoms with van der Waals surface area (Å²) in [6, 6.07) is 13.0. The zero-order valence-electron chi connectivity index (χ0n) is 13.4. The summed E-state index contributed by atoms with van der Waals surface area (Å²) in [4.78, 5) is 9.44. The molecule has 1 atom stereocenters. The van der Waals surface area contributed by atoms with Crippen LogP contribution in [0.15, 0.2) is 42.6 Å². The van der Waals surface area contributed by atoms with Crippen molar-refractivity contribution in [3.63, 3.8) is 0 Å². The molecule has 23 heavy (non-hydrogen) atoms. The number of aromatic nitrogens is 3. The summed E-state index contributed by atoms with van der Waals surface area (Å²) in [6.07, 6.45) is 4.90. The van der Waals surface area contributed by atoms with Gasteiger partial charge in [-0.25, -0.2) is 9.97 Å². The van der Waals surface area contributed by atoms with E-state index in [2.05, 4.69) is 40.7 Å². The summed E-state index contributed by atoms with van der Waals surface area (Å²) in [5, 5.41) is 0. The molecule has 4 heteroatoms. The number of rotatable bonds is 3. The van der Waals surface area contributed by atoms with Gasteiger partial charge in [-0.15, -0.1) is 0 Å². The highest BCUT2D eigenvalue weighted by Crippen LogP contribution is 2.27. The van der Waals surface area contributed by atoms with Crippen LogP contribution in [-0.2, 0) is 11.2 Å². The first kappa shape index (κ1) is 14.4. The summed E-state index contributed by atoms with van der Waals surface area (Å²) < 4.78 is 8.01. The van der Waals surface area contributed by atoms with E-state index in [1.807, 2.05) is 18.3 Å². The average Bonchev–Trinajstić information content (AvgIpc) is 2.93. The normalized spacial score (nSPS) is 18.4. The lowest BCUT2D eigenvalue weighted by Gasteiger charge is -2.25. The molecule has 1 unspecified atom stereocenters. The molecular weight excluding hydrogens is 286 g/mol. The molecule has 0 amide bonds. The van der Waals surface area contributed by atoms with E-state index in [1.54, 1.807) is 0 Å². The lowest BCUT2D eigenvalue weighted by atomic mass is 10.1. The maximum Gasteiger partial charge on any atom is 0.160 e. The quantitative estimate of drug-likeness (QED) is 0.741. The van der Waals surface area contributed by atoms with Crippen molar-refractivity contribution < 1.29 is 4.74 Å². The van der Waals surface area contributed by atoms with Gasteiger partial charge in [-0.05, 0) is 37.5 Å². The molecule has 0 bridgehead atoms. The predicted molar refractivity (Wildman–Crippen MR) is 90.6 cm³/mol. The molecule has 2 aromatic heterocycles. The highest BCUT2D eigenvalue weighted by Gasteiger charge is 2.22. The number of nitrogens with zero attached hydrogens (tertiary/aromatic N) is 3. The van der Waals surface area contributed by atoms with Gasteiger partial charge in [0.05, 0.1) is 12.6 Å². The second kappa shape index (κ2) is 6.13. The lowest BCUT2D eigenvalue weighted by molar-refractivity contribution is 0.0595. The summed E-state index contributed by atoms with van der Waals surface area (Å²) in [5.41, 5.74) is 4.52. The summed E-state index contributed by atoms with van der Waals surface area (Å²) in [6.45, 7) is 3.75. The van der Waals surface area contributed by atoms with Crippen molar-refractivity contribution in [2.45, 2.75) is 32.2 Å². The third kappa shape index (κ3) is 2.86. The summed E-state index contributed by atoms with van der Waals surface area (Å²) >= 11 is 0. The summed E-state index contributed by atoms with van der Waals surface area (Å²) in [7, 11) is 0. The Morgan fingerprint density at radius 3 is 3.04 bits per heavy atom. The number of pyridine rings is 1. The highest BCUT2D eigenvalue weighted by molar-refractivity contribution is 5.71. The topological polar surface area (TPSA) is 39.9 Å². The van der Waals surface area contributed by atoms with Gasteiger partial charge in [0, 0.05) is 19.2 Å². The van der Waals surface area contributed by atoms with Crippen molar-refractivity contribution in [1.82, 2.24) is 14.5 Å². The maximum absolute atomic E-state index is 5.70.